The van der Waals surface area contributed by atoms with Gasteiger partial charge in [0, 0.05) is 11.6 Å². The fourth-order valence-electron chi connectivity index (χ4n) is 2.86. The van der Waals surface area contributed by atoms with E-state index in [1.807, 2.05) is 0 Å². The number of aromatic hydroxyl groups is 3. The van der Waals surface area contributed by atoms with Crippen molar-refractivity contribution in [3.63, 3.8) is 0 Å². The van der Waals surface area contributed by atoms with Gasteiger partial charge in [-0.05, 0) is 30.5 Å². The molecule has 3 rings (SSSR count). The van der Waals surface area contributed by atoms with Crippen LogP contribution >= 0.6 is 0 Å². The number of ether oxygens (including phenoxy) is 1. The molecule has 2 aromatic rings. The second kappa shape index (κ2) is 5.50. The summed E-state index contributed by atoms with van der Waals surface area (Å²) < 4.78 is 5.79. The SMILES string of the molecule is CCc1c(O)cc2c(c1O)C(=O)C[C@@H](c1ccc(C)c(O)c1)O2. The summed E-state index contributed by atoms with van der Waals surface area (Å²) in [5.41, 5.74) is 1.86. The quantitative estimate of drug-likeness (QED) is 0.791. The van der Waals surface area contributed by atoms with Gasteiger partial charge < -0.3 is 20.1 Å². The number of rotatable bonds is 2. The van der Waals surface area contributed by atoms with Crippen LogP contribution in [0.4, 0.5) is 0 Å². The molecule has 120 valence electrons. The zero-order valence-electron chi connectivity index (χ0n) is 13.0. The third-order valence-electron chi connectivity index (χ3n) is 4.22. The second-order valence-electron chi connectivity index (χ2n) is 5.73. The van der Waals surface area contributed by atoms with E-state index >= 15 is 0 Å². The molecule has 5 nitrogen and oxygen atoms in total. The normalized spacial score (nSPS) is 16.8. The smallest absolute Gasteiger partial charge is 0.174 e. The van der Waals surface area contributed by atoms with Gasteiger partial charge in [0.2, 0.25) is 0 Å². The van der Waals surface area contributed by atoms with Gasteiger partial charge >= 0.3 is 0 Å². The van der Waals surface area contributed by atoms with Gasteiger partial charge in [0.1, 0.15) is 34.7 Å². The Bertz CT molecular complexity index is 794. The number of Topliss-reactive ketones (excluding diaryl/α,β-unsaturated/α-hetero) is 1. The third-order valence-corrected chi connectivity index (χ3v) is 4.22. The van der Waals surface area contributed by atoms with Crippen LogP contribution in [-0.2, 0) is 6.42 Å². The first kappa shape index (κ1) is 15.2. The molecule has 0 radical (unpaired) electrons. The van der Waals surface area contributed by atoms with Crippen LogP contribution in [0.3, 0.4) is 0 Å². The molecule has 1 aliphatic heterocycles. The average molecular weight is 314 g/mol. The van der Waals surface area contributed by atoms with Crippen molar-refractivity contribution in [3.8, 4) is 23.0 Å². The highest BCUT2D eigenvalue weighted by Crippen LogP contribution is 2.44. The molecular weight excluding hydrogens is 296 g/mol. The highest BCUT2D eigenvalue weighted by Gasteiger charge is 2.32. The summed E-state index contributed by atoms with van der Waals surface area (Å²) in [6.45, 7) is 3.57. The lowest BCUT2D eigenvalue weighted by molar-refractivity contribution is 0.0844. The lowest BCUT2D eigenvalue weighted by atomic mass is 9.93. The Hall–Kier alpha value is -2.69. The van der Waals surface area contributed by atoms with Crippen LogP contribution in [0, 0.1) is 6.92 Å². The fourth-order valence-corrected chi connectivity index (χ4v) is 2.86. The molecule has 2 aromatic carbocycles. The standard InChI is InChI=1S/C18H18O5/c1-3-11-13(20)7-16-17(18(11)22)14(21)8-15(23-16)10-5-4-9(2)12(19)6-10/h4-7,15,19-20,22H,3,8H2,1-2H3/t15-/m0/s1. The molecule has 0 aromatic heterocycles. The average Bonchev–Trinajstić information content (AvgIpc) is 2.49. The summed E-state index contributed by atoms with van der Waals surface area (Å²) in [5, 5.41) is 30.0. The molecule has 5 heteroatoms. The van der Waals surface area contributed by atoms with Crippen molar-refractivity contribution in [2.45, 2.75) is 32.8 Å². The number of phenolic OH excluding ortho intramolecular Hbond substituents is 3. The first-order valence-electron chi connectivity index (χ1n) is 7.49. The number of fused-ring (bicyclic) bond motifs is 1. The number of benzene rings is 2. The van der Waals surface area contributed by atoms with E-state index in [4.69, 9.17) is 4.74 Å². The van der Waals surface area contributed by atoms with Crippen LogP contribution in [0.5, 0.6) is 23.0 Å². The maximum Gasteiger partial charge on any atom is 0.174 e. The number of carbonyl (C=O) groups is 1. The topological polar surface area (TPSA) is 87.0 Å². The zero-order chi connectivity index (χ0) is 16.7. The van der Waals surface area contributed by atoms with Gasteiger partial charge in [-0.15, -0.1) is 0 Å². The predicted octanol–water partition coefficient (Wildman–Crippen LogP) is 3.38. The predicted molar refractivity (Wildman–Crippen MR) is 84.3 cm³/mol. The molecular formula is C18H18O5. The lowest BCUT2D eigenvalue weighted by Gasteiger charge is -2.27. The molecule has 0 spiro atoms. The maximum atomic E-state index is 12.4. The van der Waals surface area contributed by atoms with Crippen molar-refractivity contribution in [2.24, 2.45) is 0 Å². The summed E-state index contributed by atoms with van der Waals surface area (Å²) in [4.78, 5) is 12.4. The number of aryl methyl sites for hydroxylation is 1. The zero-order valence-corrected chi connectivity index (χ0v) is 13.0. The summed E-state index contributed by atoms with van der Waals surface area (Å²) in [5.74, 6) is -0.250. The van der Waals surface area contributed by atoms with Crippen molar-refractivity contribution in [1.82, 2.24) is 0 Å². The summed E-state index contributed by atoms with van der Waals surface area (Å²) in [7, 11) is 0. The number of hydrogen-bond donors (Lipinski definition) is 3. The molecule has 1 heterocycles. The Kier molecular flexibility index (Phi) is 3.64. The number of hydrogen-bond acceptors (Lipinski definition) is 5. The van der Waals surface area contributed by atoms with Gasteiger partial charge in [-0.3, -0.25) is 4.79 Å². The fraction of sp³-hybridized carbons (Fsp3) is 0.278. The molecule has 0 amide bonds. The van der Waals surface area contributed by atoms with Gasteiger partial charge in [-0.2, -0.15) is 0 Å². The van der Waals surface area contributed by atoms with E-state index < -0.39 is 6.10 Å². The second-order valence-corrected chi connectivity index (χ2v) is 5.73. The Labute approximate surface area is 133 Å². The van der Waals surface area contributed by atoms with Crippen molar-refractivity contribution in [1.29, 1.82) is 0 Å². The molecule has 1 aliphatic rings. The molecule has 1 atom stereocenters. The highest BCUT2D eigenvalue weighted by molar-refractivity contribution is 6.03. The van der Waals surface area contributed by atoms with Crippen LogP contribution < -0.4 is 4.74 Å². The first-order valence-corrected chi connectivity index (χ1v) is 7.49. The first-order chi connectivity index (χ1) is 10.9. The van der Waals surface area contributed by atoms with Gasteiger partial charge in [-0.25, -0.2) is 0 Å². The molecule has 23 heavy (non-hydrogen) atoms. The minimum absolute atomic E-state index is 0.0665. The largest absolute Gasteiger partial charge is 0.508 e. The maximum absolute atomic E-state index is 12.4. The molecule has 0 unspecified atom stereocenters. The summed E-state index contributed by atoms with van der Waals surface area (Å²) in [6.07, 6.45) is -0.0856. The molecule has 0 saturated heterocycles. The number of carbonyl (C=O) groups excluding carboxylic acids is 1. The minimum Gasteiger partial charge on any atom is -0.508 e. The van der Waals surface area contributed by atoms with Gasteiger partial charge in [0.25, 0.3) is 0 Å². The van der Waals surface area contributed by atoms with Gasteiger partial charge in [0.05, 0.1) is 6.42 Å². The van der Waals surface area contributed by atoms with E-state index in [0.717, 1.165) is 5.56 Å². The molecule has 0 saturated carbocycles. The summed E-state index contributed by atoms with van der Waals surface area (Å²) in [6, 6.07) is 6.48. The molecule has 3 N–H and O–H groups in total. The van der Waals surface area contributed by atoms with Crippen molar-refractivity contribution in [2.75, 3.05) is 0 Å². The van der Waals surface area contributed by atoms with E-state index in [2.05, 4.69) is 0 Å². The van der Waals surface area contributed by atoms with Gasteiger partial charge in [0.15, 0.2) is 5.78 Å². The summed E-state index contributed by atoms with van der Waals surface area (Å²) >= 11 is 0. The molecule has 0 bridgehead atoms. The Balaban J connectivity index is 2.04. The molecule has 0 aliphatic carbocycles. The van der Waals surface area contributed by atoms with Crippen LogP contribution in [0.25, 0.3) is 0 Å². The van der Waals surface area contributed by atoms with Crippen LogP contribution in [0.2, 0.25) is 0 Å². The lowest BCUT2D eigenvalue weighted by Crippen LogP contribution is -2.21. The Morgan fingerprint density at radius 3 is 2.57 bits per heavy atom. The monoisotopic (exact) mass is 314 g/mol. The number of ketones is 1. The highest BCUT2D eigenvalue weighted by atomic mass is 16.5. The van der Waals surface area contributed by atoms with E-state index in [1.54, 1.807) is 32.0 Å². The van der Waals surface area contributed by atoms with Crippen LogP contribution in [0.15, 0.2) is 24.3 Å². The van der Waals surface area contributed by atoms with Crippen LogP contribution in [0.1, 0.15) is 46.5 Å². The van der Waals surface area contributed by atoms with Crippen molar-refractivity contribution >= 4 is 5.78 Å². The van der Waals surface area contributed by atoms with E-state index in [-0.39, 0.29) is 40.8 Å². The Morgan fingerprint density at radius 2 is 1.91 bits per heavy atom. The number of phenols is 3. The van der Waals surface area contributed by atoms with Crippen molar-refractivity contribution in [3.05, 3.63) is 46.5 Å². The van der Waals surface area contributed by atoms with E-state index in [0.29, 0.717) is 17.5 Å². The minimum atomic E-state index is -0.562. The van der Waals surface area contributed by atoms with Gasteiger partial charge in [-0.1, -0.05) is 19.1 Å². The van der Waals surface area contributed by atoms with E-state index in [1.165, 1.54) is 6.07 Å². The van der Waals surface area contributed by atoms with Crippen LogP contribution in [-0.4, -0.2) is 21.1 Å². The van der Waals surface area contributed by atoms with E-state index in [9.17, 15) is 20.1 Å². The molecule has 0 fully saturated rings. The Morgan fingerprint density at radius 1 is 1.17 bits per heavy atom. The third kappa shape index (κ3) is 2.48. The van der Waals surface area contributed by atoms with Crippen molar-refractivity contribution < 1.29 is 24.9 Å².